The number of nitrogens with one attached hydrogen (secondary N) is 1. The van der Waals surface area contributed by atoms with E-state index in [0.717, 1.165) is 36.9 Å². The highest BCUT2D eigenvalue weighted by Crippen LogP contribution is 2.26. The number of carbonyl (C=O) groups excluding carboxylic acids is 1. The normalized spacial score (nSPS) is 18.6. The molecule has 1 amide bonds. The molecule has 1 N–H and O–H groups in total. The summed E-state index contributed by atoms with van der Waals surface area (Å²) >= 11 is 0. The van der Waals surface area contributed by atoms with Crippen molar-refractivity contribution in [1.82, 2.24) is 14.9 Å². The summed E-state index contributed by atoms with van der Waals surface area (Å²) in [7, 11) is 0. The lowest BCUT2D eigenvalue weighted by molar-refractivity contribution is -0.132. The van der Waals surface area contributed by atoms with Crippen LogP contribution in [0.3, 0.4) is 0 Å². The lowest BCUT2D eigenvalue weighted by Crippen LogP contribution is -2.39. The van der Waals surface area contributed by atoms with Crippen LogP contribution in [0.4, 0.5) is 0 Å². The second-order valence-corrected chi connectivity index (χ2v) is 5.92. The summed E-state index contributed by atoms with van der Waals surface area (Å²) in [6, 6.07) is 5.75. The molecule has 5 heteroatoms. The van der Waals surface area contributed by atoms with Gasteiger partial charge in [-0.2, -0.15) is 0 Å². The van der Waals surface area contributed by atoms with Gasteiger partial charge in [-0.3, -0.25) is 14.6 Å². The lowest BCUT2D eigenvalue weighted by atomic mass is 9.93. The first-order valence-corrected chi connectivity index (χ1v) is 7.94. The highest BCUT2D eigenvalue weighted by Gasteiger charge is 2.25. The van der Waals surface area contributed by atoms with Gasteiger partial charge in [-0.25, -0.2) is 0 Å². The van der Waals surface area contributed by atoms with Crippen LogP contribution in [-0.4, -0.2) is 33.9 Å². The maximum atomic E-state index is 12.2. The number of fused-ring (bicyclic) bond motifs is 1. The Bertz CT molecular complexity index is 738. The summed E-state index contributed by atoms with van der Waals surface area (Å²) in [6.07, 6.45) is 5.08. The summed E-state index contributed by atoms with van der Waals surface area (Å²) in [5.41, 5.74) is 1.24. The van der Waals surface area contributed by atoms with Gasteiger partial charge in [-0.1, -0.05) is 13.0 Å². The molecule has 0 unspecified atom stereocenters. The standard InChI is InChI=1S/C17H21N3O2/c1-2-5-15(21)20-9-4-7-13(11-20)14-10-12-6-3-8-18-16(12)17(22)19-14/h3,6,8,10,13H,2,4-5,7,9,11H2,1H3,(H,19,22)/t13-/m1/s1. The van der Waals surface area contributed by atoms with Crippen LogP contribution in [0.15, 0.2) is 29.2 Å². The number of hydrogen-bond acceptors (Lipinski definition) is 3. The van der Waals surface area contributed by atoms with Crippen LogP contribution >= 0.6 is 0 Å². The monoisotopic (exact) mass is 299 g/mol. The highest BCUT2D eigenvalue weighted by molar-refractivity contribution is 5.78. The third kappa shape index (κ3) is 2.89. The van der Waals surface area contributed by atoms with Crippen molar-refractivity contribution in [1.29, 1.82) is 0 Å². The number of H-pyrrole nitrogens is 1. The number of carbonyl (C=O) groups is 1. The van der Waals surface area contributed by atoms with Gasteiger partial charge in [0.25, 0.3) is 5.56 Å². The van der Waals surface area contributed by atoms with Crippen molar-refractivity contribution in [2.45, 2.75) is 38.5 Å². The average Bonchev–Trinajstić information content (AvgIpc) is 2.55. The first kappa shape index (κ1) is 14.8. The predicted octanol–water partition coefficient (Wildman–Crippen LogP) is 2.43. The molecule has 1 saturated heterocycles. The van der Waals surface area contributed by atoms with Crippen molar-refractivity contribution in [2.75, 3.05) is 13.1 Å². The molecule has 2 aromatic heterocycles. The van der Waals surface area contributed by atoms with E-state index in [0.29, 0.717) is 18.5 Å². The number of nitrogens with zero attached hydrogens (tertiary/aromatic N) is 2. The number of rotatable bonds is 3. The van der Waals surface area contributed by atoms with E-state index in [1.165, 1.54) is 0 Å². The molecule has 1 aliphatic rings. The van der Waals surface area contributed by atoms with Crippen molar-refractivity contribution in [3.8, 4) is 0 Å². The zero-order valence-electron chi connectivity index (χ0n) is 12.8. The highest BCUT2D eigenvalue weighted by atomic mass is 16.2. The van der Waals surface area contributed by atoms with Gasteiger partial charge >= 0.3 is 0 Å². The fraction of sp³-hybridized carbons (Fsp3) is 0.471. The number of likely N-dealkylation sites (tertiary alicyclic amines) is 1. The van der Waals surface area contributed by atoms with Gasteiger partial charge in [0.05, 0.1) is 0 Å². The van der Waals surface area contributed by atoms with Crippen molar-refractivity contribution in [3.63, 3.8) is 0 Å². The molecule has 116 valence electrons. The quantitative estimate of drug-likeness (QED) is 0.946. The van der Waals surface area contributed by atoms with Gasteiger partial charge in [0, 0.05) is 42.7 Å². The Labute approximate surface area is 129 Å². The smallest absolute Gasteiger partial charge is 0.274 e. The Morgan fingerprint density at radius 2 is 2.36 bits per heavy atom. The molecule has 0 bridgehead atoms. The van der Waals surface area contributed by atoms with Crippen LogP contribution in [0, 0.1) is 0 Å². The molecule has 3 rings (SSSR count). The molecule has 1 atom stereocenters. The zero-order chi connectivity index (χ0) is 15.5. The summed E-state index contributed by atoms with van der Waals surface area (Å²) in [5, 5.41) is 0.859. The van der Waals surface area contributed by atoms with Gasteiger partial charge in [0.15, 0.2) is 0 Å². The minimum absolute atomic E-state index is 0.148. The Balaban J connectivity index is 1.87. The minimum Gasteiger partial charge on any atom is -0.342 e. The molecular formula is C17H21N3O2. The summed E-state index contributed by atoms with van der Waals surface area (Å²) in [6.45, 7) is 3.54. The van der Waals surface area contributed by atoms with Crippen LogP contribution < -0.4 is 5.56 Å². The summed E-state index contributed by atoms with van der Waals surface area (Å²) < 4.78 is 0. The van der Waals surface area contributed by atoms with Gasteiger partial charge in [-0.05, 0) is 31.4 Å². The SMILES string of the molecule is CCCC(=O)N1CCC[C@@H](c2cc3cccnc3c(=O)[nH]2)C1. The molecule has 0 saturated carbocycles. The van der Waals surface area contributed by atoms with E-state index in [1.807, 2.05) is 30.0 Å². The Morgan fingerprint density at radius 3 is 3.18 bits per heavy atom. The number of piperidine rings is 1. The van der Waals surface area contributed by atoms with Crippen molar-refractivity contribution in [3.05, 3.63) is 40.4 Å². The molecule has 0 aliphatic carbocycles. The van der Waals surface area contributed by atoms with E-state index in [1.54, 1.807) is 6.20 Å². The van der Waals surface area contributed by atoms with Gasteiger partial charge in [0.1, 0.15) is 5.52 Å². The van der Waals surface area contributed by atoms with Crippen LogP contribution in [-0.2, 0) is 4.79 Å². The largest absolute Gasteiger partial charge is 0.342 e. The average molecular weight is 299 g/mol. The fourth-order valence-electron chi connectivity index (χ4n) is 3.17. The summed E-state index contributed by atoms with van der Waals surface area (Å²) in [4.78, 5) is 33.3. The molecule has 0 aromatic carbocycles. The molecule has 1 aliphatic heterocycles. The van der Waals surface area contributed by atoms with E-state index in [-0.39, 0.29) is 17.4 Å². The first-order chi connectivity index (χ1) is 10.7. The van der Waals surface area contributed by atoms with E-state index in [4.69, 9.17) is 0 Å². The topological polar surface area (TPSA) is 66.1 Å². The van der Waals surface area contributed by atoms with E-state index < -0.39 is 0 Å². The van der Waals surface area contributed by atoms with Gasteiger partial charge in [-0.15, -0.1) is 0 Å². The van der Waals surface area contributed by atoms with Crippen LogP contribution in [0.1, 0.15) is 44.2 Å². The molecule has 2 aromatic rings. The van der Waals surface area contributed by atoms with Crippen molar-refractivity contribution < 1.29 is 4.79 Å². The Hall–Kier alpha value is -2.17. The maximum Gasteiger partial charge on any atom is 0.274 e. The molecule has 5 nitrogen and oxygen atoms in total. The zero-order valence-corrected chi connectivity index (χ0v) is 12.8. The van der Waals surface area contributed by atoms with E-state index >= 15 is 0 Å². The van der Waals surface area contributed by atoms with Crippen molar-refractivity contribution in [2.24, 2.45) is 0 Å². The maximum absolute atomic E-state index is 12.2. The molecule has 0 spiro atoms. The molecular weight excluding hydrogens is 278 g/mol. The first-order valence-electron chi connectivity index (χ1n) is 7.94. The van der Waals surface area contributed by atoms with Crippen LogP contribution in [0.2, 0.25) is 0 Å². The van der Waals surface area contributed by atoms with E-state index in [2.05, 4.69) is 9.97 Å². The molecule has 1 fully saturated rings. The second kappa shape index (κ2) is 6.30. The molecule has 22 heavy (non-hydrogen) atoms. The fourth-order valence-corrected chi connectivity index (χ4v) is 3.17. The lowest BCUT2D eigenvalue weighted by Gasteiger charge is -2.33. The number of aromatic nitrogens is 2. The van der Waals surface area contributed by atoms with Gasteiger partial charge in [0.2, 0.25) is 5.91 Å². The third-order valence-corrected chi connectivity index (χ3v) is 4.30. The van der Waals surface area contributed by atoms with Crippen molar-refractivity contribution >= 4 is 16.8 Å². The van der Waals surface area contributed by atoms with E-state index in [9.17, 15) is 9.59 Å². The second-order valence-electron chi connectivity index (χ2n) is 5.92. The minimum atomic E-state index is -0.148. The molecule has 3 heterocycles. The predicted molar refractivity (Wildman–Crippen MR) is 85.8 cm³/mol. The number of pyridine rings is 2. The van der Waals surface area contributed by atoms with Crippen LogP contribution in [0.5, 0.6) is 0 Å². The number of amides is 1. The molecule has 0 radical (unpaired) electrons. The Kier molecular flexibility index (Phi) is 4.22. The number of hydrogen-bond donors (Lipinski definition) is 1. The third-order valence-electron chi connectivity index (χ3n) is 4.30. The number of aromatic amines is 1. The van der Waals surface area contributed by atoms with Crippen LogP contribution in [0.25, 0.3) is 10.9 Å². The Morgan fingerprint density at radius 1 is 1.50 bits per heavy atom. The summed E-state index contributed by atoms with van der Waals surface area (Å²) in [5.74, 6) is 0.420. The van der Waals surface area contributed by atoms with Gasteiger partial charge < -0.3 is 9.88 Å².